The van der Waals surface area contributed by atoms with Gasteiger partial charge < -0.3 is 18.6 Å². The van der Waals surface area contributed by atoms with E-state index < -0.39 is 20.8 Å². The molecule has 0 spiro atoms. The lowest BCUT2D eigenvalue weighted by Gasteiger charge is -2.26. The van der Waals surface area contributed by atoms with Crippen LogP contribution in [0.25, 0.3) is 0 Å². The summed E-state index contributed by atoms with van der Waals surface area (Å²) in [5, 5.41) is 18.8. The van der Waals surface area contributed by atoms with Crippen molar-refractivity contribution in [2.24, 2.45) is 10.8 Å². The number of ketones is 2. The predicted molar refractivity (Wildman–Crippen MR) is 154 cm³/mol. The number of unbranched alkanes of at least 4 members (excludes halogenated alkanes) is 2. The van der Waals surface area contributed by atoms with Crippen molar-refractivity contribution in [1.82, 2.24) is 0 Å². The van der Waals surface area contributed by atoms with E-state index in [4.69, 9.17) is 0 Å². The zero-order valence-electron chi connectivity index (χ0n) is 23.1. The highest BCUT2D eigenvalue weighted by Gasteiger charge is 2.17. The number of aliphatic hydroxyl groups excluding tert-OH is 2. The van der Waals surface area contributed by atoms with E-state index in [9.17, 15) is 28.2 Å². The van der Waals surface area contributed by atoms with Gasteiger partial charge in [-0.2, -0.15) is 9.73 Å². The highest BCUT2D eigenvalue weighted by Crippen LogP contribution is 2.26. The third-order valence-electron chi connectivity index (χ3n) is 7.21. The summed E-state index contributed by atoms with van der Waals surface area (Å²) in [7, 11) is -2.56. The summed E-state index contributed by atoms with van der Waals surface area (Å²) < 4.78 is 26.1. The third kappa shape index (κ3) is 10.8. The molecular weight excluding hydrogens is 508 g/mol. The van der Waals surface area contributed by atoms with Crippen LogP contribution in [0.4, 0.5) is 0 Å². The average molecular weight is 555 g/mol. The molecule has 6 nitrogen and oxygen atoms in total. The van der Waals surface area contributed by atoms with Crippen molar-refractivity contribution in [2.75, 3.05) is 13.2 Å². The van der Waals surface area contributed by atoms with E-state index in [0.717, 1.165) is 48.3 Å². The summed E-state index contributed by atoms with van der Waals surface area (Å²) in [4.78, 5) is 27.4. The van der Waals surface area contributed by atoms with Gasteiger partial charge >= 0.3 is 0 Å². The first-order valence-electron chi connectivity index (χ1n) is 13.6. The van der Waals surface area contributed by atoms with Crippen molar-refractivity contribution in [3.63, 3.8) is 0 Å². The molecule has 0 atom stereocenters. The molecule has 2 aliphatic heterocycles. The predicted octanol–water partition coefficient (Wildman–Crippen LogP) is 5.30. The molecule has 2 aliphatic rings. The number of allylic oxidation sites excluding steroid dienone is 4. The third-order valence-corrected chi connectivity index (χ3v) is 10.6. The second kappa shape index (κ2) is 14.8. The first-order chi connectivity index (χ1) is 17.4. The van der Waals surface area contributed by atoms with E-state index in [2.05, 4.69) is 0 Å². The number of aliphatic hydroxyl groups is 2. The molecule has 0 unspecified atom stereocenters. The van der Waals surface area contributed by atoms with Crippen LogP contribution in [0.15, 0.2) is 22.0 Å². The van der Waals surface area contributed by atoms with Crippen molar-refractivity contribution >= 4 is 42.1 Å². The van der Waals surface area contributed by atoms with Gasteiger partial charge in [0.25, 0.3) is 0 Å². The van der Waals surface area contributed by atoms with E-state index >= 15 is 0 Å². The molecule has 2 N–H and O–H groups in total. The van der Waals surface area contributed by atoms with Gasteiger partial charge in [0.1, 0.15) is 0 Å². The number of carbonyl (C=O) groups is 2. The lowest BCUT2D eigenvalue weighted by molar-refractivity contribution is -0.114. The Morgan fingerprint density at radius 1 is 0.649 bits per heavy atom. The van der Waals surface area contributed by atoms with Gasteiger partial charge in [-0.3, -0.25) is 9.59 Å². The van der Waals surface area contributed by atoms with Crippen LogP contribution >= 0.6 is 0 Å². The van der Waals surface area contributed by atoms with Crippen molar-refractivity contribution in [3.05, 3.63) is 22.0 Å². The Balaban J connectivity index is 1.91. The molecule has 0 aliphatic carbocycles. The zero-order chi connectivity index (χ0) is 27.6. The van der Waals surface area contributed by atoms with E-state index in [-0.39, 0.29) is 48.5 Å². The summed E-state index contributed by atoms with van der Waals surface area (Å²) in [6, 6.07) is 0. The molecule has 0 bridgehead atoms. The Kier molecular flexibility index (Phi) is 12.8. The SMILES string of the molecule is CC(C)(CO)CCCCC1=CC(=O)CC(CCCC2=CC(=O)CC(CCCCC(C)(C)CO)=[S-]2=O)=[S-]1=O. The summed E-state index contributed by atoms with van der Waals surface area (Å²) in [6.45, 7) is 8.34. The monoisotopic (exact) mass is 554 g/mol. The molecule has 0 radical (unpaired) electrons. The maximum atomic E-state index is 13.1. The van der Waals surface area contributed by atoms with E-state index in [1.807, 2.05) is 27.7 Å². The molecule has 0 aromatic heterocycles. The lowest BCUT2D eigenvalue weighted by atomic mass is 9.88. The number of hydrogen-bond donors (Lipinski definition) is 2. The second-order valence-electron chi connectivity index (χ2n) is 12.0. The highest BCUT2D eigenvalue weighted by molar-refractivity contribution is 7.89. The van der Waals surface area contributed by atoms with Crippen molar-refractivity contribution in [1.29, 1.82) is 0 Å². The minimum Gasteiger partial charge on any atom is -0.457 e. The van der Waals surface area contributed by atoms with Gasteiger partial charge in [-0.15, -0.1) is 9.81 Å². The Morgan fingerprint density at radius 3 is 1.46 bits per heavy atom. The van der Waals surface area contributed by atoms with Crippen LogP contribution in [0.2, 0.25) is 0 Å². The van der Waals surface area contributed by atoms with E-state index in [1.165, 1.54) is 12.2 Å². The topological polar surface area (TPSA) is 109 Å². The molecule has 2 heterocycles. The lowest BCUT2D eigenvalue weighted by Crippen LogP contribution is -2.18. The Bertz CT molecular complexity index is 1060. The number of hydrogen-bond acceptors (Lipinski definition) is 8. The van der Waals surface area contributed by atoms with Crippen LogP contribution in [0.5, 0.6) is 0 Å². The number of rotatable bonds is 16. The summed E-state index contributed by atoms with van der Waals surface area (Å²) in [5.74, 6) is -0.0325. The molecule has 0 aromatic carbocycles. The van der Waals surface area contributed by atoms with Crippen LogP contribution < -0.4 is 0 Å². The van der Waals surface area contributed by atoms with Crippen molar-refractivity contribution in [2.45, 2.75) is 111 Å². The Labute approximate surface area is 227 Å². The van der Waals surface area contributed by atoms with Gasteiger partial charge in [-0.05, 0) is 55.1 Å². The highest BCUT2D eigenvalue weighted by atomic mass is 32.2. The Hall–Kier alpha value is -1.22. The maximum absolute atomic E-state index is 13.1. The molecule has 8 heteroatoms. The minimum absolute atomic E-state index is 0.0149. The average Bonchev–Trinajstić information content (AvgIpc) is 2.84. The molecular formula is C29H46O6S2-2. The van der Waals surface area contributed by atoms with Gasteiger partial charge in [0, 0.05) is 26.1 Å². The second-order valence-corrected chi connectivity index (χ2v) is 15.3. The largest absolute Gasteiger partial charge is 0.457 e. The van der Waals surface area contributed by atoms with Crippen LogP contribution in [-0.2, 0) is 38.8 Å². The van der Waals surface area contributed by atoms with Gasteiger partial charge in [0.15, 0.2) is 11.6 Å². The first kappa shape index (κ1) is 32.0. The minimum atomic E-state index is -1.28. The van der Waals surface area contributed by atoms with E-state index in [0.29, 0.717) is 41.9 Å². The summed E-state index contributed by atoms with van der Waals surface area (Å²) in [6.07, 6.45) is 11.6. The van der Waals surface area contributed by atoms with Crippen molar-refractivity contribution < 1.29 is 28.2 Å². The van der Waals surface area contributed by atoms with Crippen LogP contribution in [0, 0.1) is 10.8 Å². The molecule has 0 fully saturated rings. The Morgan fingerprint density at radius 2 is 1.03 bits per heavy atom. The molecule has 212 valence electrons. The van der Waals surface area contributed by atoms with Gasteiger partial charge in [0.2, 0.25) is 0 Å². The molecule has 0 amide bonds. The van der Waals surface area contributed by atoms with Crippen LogP contribution in [0.1, 0.15) is 111 Å². The quantitative estimate of drug-likeness (QED) is 0.152. The van der Waals surface area contributed by atoms with Gasteiger partial charge in [-0.1, -0.05) is 66.2 Å². The fraction of sp³-hybridized carbons (Fsp3) is 0.724. The normalized spacial score (nSPS) is 18.4. The molecule has 37 heavy (non-hydrogen) atoms. The zero-order valence-corrected chi connectivity index (χ0v) is 24.7. The van der Waals surface area contributed by atoms with E-state index in [1.54, 1.807) is 0 Å². The summed E-state index contributed by atoms with van der Waals surface area (Å²) >= 11 is 0. The van der Waals surface area contributed by atoms with Gasteiger partial charge in [-0.25, -0.2) is 20.8 Å². The first-order valence-corrected chi connectivity index (χ1v) is 15.9. The fourth-order valence-electron chi connectivity index (χ4n) is 4.60. The van der Waals surface area contributed by atoms with Crippen LogP contribution in [0.3, 0.4) is 0 Å². The smallest absolute Gasteiger partial charge is 0.155 e. The maximum Gasteiger partial charge on any atom is 0.155 e. The van der Waals surface area contributed by atoms with Crippen molar-refractivity contribution in [3.8, 4) is 0 Å². The number of carbonyl (C=O) groups excluding carboxylic acids is 2. The standard InChI is InChI=1S/C29H46O6S2/c1-28(2,20-30)14-7-5-10-24-16-22(32)18-26(36(24)34)12-9-13-27-19-23(33)17-25(37(27)35)11-6-8-15-29(3,4)21-31/h16,19,30-31H,5-15,17-18,20-21H2,1-4H3/q-2. The molecule has 0 aromatic rings. The molecule has 0 saturated carbocycles. The van der Waals surface area contributed by atoms with Gasteiger partial charge in [0.05, 0.1) is 0 Å². The van der Waals surface area contributed by atoms with Crippen LogP contribution in [-0.4, -0.2) is 44.7 Å². The molecule has 0 saturated heterocycles. The summed E-state index contributed by atoms with van der Waals surface area (Å²) in [5.41, 5.74) is -0.252. The molecule has 2 rings (SSSR count). The fourth-order valence-corrected chi connectivity index (χ4v) is 7.68.